The molecule has 0 unspecified atom stereocenters. The molecule has 4 N–H and O–H groups in total. The molecule has 0 aliphatic rings. The van der Waals surface area contributed by atoms with Crippen LogP contribution in [0.1, 0.15) is 16.8 Å². The fourth-order valence-electron chi connectivity index (χ4n) is 2.41. The normalized spacial score (nSPS) is 11.7. The Balaban J connectivity index is 1.85. The maximum absolute atomic E-state index is 5.65. The lowest BCUT2D eigenvalue weighted by Gasteiger charge is -2.07. The van der Waals surface area contributed by atoms with E-state index in [0.717, 1.165) is 33.5 Å². The largest absolute Gasteiger partial charge is 0.497 e. The number of nitrogens with two attached hydrogens (primary N) is 1. The molecule has 118 valence electrons. The zero-order chi connectivity index (χ0) is 16.2. The molecule has 6 heteroatoms. The molecule has 0 atom stereocenters. The van der Waals surface area contributed by atoms with Crippen LogP contribution in [0.25, 0.3) is 10.9 Å². The Kier molecular flexibility index (Phi) is 4.25. The van der Waals surface area contributed by atoms with Crippen LogP contribution in [-0.2, 0) is 6.54 Å². The molecule has 1 aromatic heterocycles. The van der Waals surface area contributed by atoms with Gasteiger partial charge in [-0.15, -0.1) is 0 Å². The van der Waals surface area contributed by atoms with Crippen LogP contribution in [0.3, 0.4) is 0 Å². The SMILES string of the molecule is COc1ccc(CN=C(NN)c2ccc3n[nH]c(C)c3c2)cc1. The average Bonchev–Trinajstić information content (AvgIpc) is 2.97. The summed E-state index contributed by atoms with van der Waals surface area (Å²) in [6, 6.07) is 13.7. The molecule has 3 rings (SSSR count). The van der Waals surface area contributed by atoms with Gasteiger partial charge in [-0.25, -0.2) is 5.84 Å². The van der Waals surface area contributed by atoms with Gasteiger partial charge in [-0.05, 0) is 42.8 Å². The minimum Gasteiger partial charge on any atom is -0.497 e. The van der Waals surface area contributed by atoms with Gasteiger partial charge in [0, 0.05) is 16.6 Å². The highest BCUT2D eigenvalue weighted by Crippen LogP contribution is 2.17. The number of hydrogen-bond donors (Lipinski definition) is 3. The molecule has 0 aliphatic heterocycles. The Morgan fingerprint density at radius 1 is 1.26 bits per heavy atom. The number of aryl methyl sites for hydroxylation is 1. The molecular formula is C17H19N5O. The van der Waals surface area contributed by atoms with Crippen molar-refractivity contribution < 1.29 is 4.74 Å². The van der Waals surface area contributed by atoms with E-state index in [1.165, 1.54) is 0 Å². The molecule has 0 fully saturated rings. The number of nitrogens with zero attached hydrogens (tertiary/aromatic N) is 2. The van der Waals surface area contributed by atoms with Gasteiger partial charge >= 0.3 is 0 Å². The molecule has 0 saturated carbocycles. The van der Waals surface area contributed by atoms with E-state index >= 15 is 0 Å². The number of fused-ring (bicyclic) bond motifs is 1. The van der Waals surface area contributed by atoms with E-state index < -0.39 is 0 Å². The molecule has 3 aromatic rings. The summed E-state index contributed by atoms with van der Waals surface area (Å²) in [5.41, 5.74) is 6.64. The number of aliphatic imine (C=N–C) groups is 1. The van der Waals surface area contributed by atoms with Crippen LogP contribution in [0, 0.1) is 6.92 Å². The van der Waals surface area contributed by atoms with Crippen LogP contribution in [0.5, 0.6) is 5.75 Å². The fraction of sp³-hybridized carbons (Fsp3) is 0.176. The van der Waals surface area contributed by atoms with Gasteiger partial charge in [0.05, 0.1) is 19.2 Å². The second-order valence-corrected chi connectivity index (χ2v) is 5.24. The summed E-state index contributed by atoms with van der Waals surface area (Å²) in [6.07, 6.45) is 0. The molecule has 2 aromatic carbocycles. The third kappa shape index (κ3) is 3.17. The van der Waals surface area contributed by atoms with E-state index in [1.807, 2.05) is 49.4 Å². The lowest BCUT2D eigenvalue weighted by molar-refractivity contribution is 0.414. The van der Waals surface area contributed by atoms with Crippen LogP contribution in [0.2, 0.25) is 0 Å². The number of hydrazine groups is 1. The lowest BCUT2D eigenvalue weighted by atomic mass is 10.1. The molecule has 0 bridgehead atoms. The van der Waals surface area contributed by atoms with E-state index in [2.05, 4.69) is 20.6 Å². The van der Waals surface area contributed by atoms with Crippen LogP contribution < -0.4 is 16.0 Å². The number of rotatable bonds is 4. The summed E-state index contributed by atoms with van der Waals surface area (Å²) in [5, 5.41) is 8.27. The number of aromatic amines is 1. The van der Waals surface area contributed by atoms with Gasteiger partial charge in [0.2, 0.25) is 0 Å². The van der Waals surface area contributed by atoms with Crippen molar-refractivity contribution in [1.29, 1.82) is 0 Å². The van der Waals surface area contributed by atoms with E-state index in [-0.39, 0.29) is 0 Å². The van der Waals surface area contributed by atoms with Gasteiger partial charge in [-0.2, -0.15) is 5.10 Å². The number of amidine groups is 1. The van der Waals surface area contributed by atoms with Crippen molar-refractivity contribution >= 4 is 16.7 Å². The zero-order valence-electron chi connectivity index (χ0n) is 13.1. The Hall–Kier alpha value is -2.86. The number of ether oxygens (including phenoxy) is 1. The molecule has 0 amide bonds. The van der Waals surface area contributed by atoms with Crippen molar-refractivity contribution in [3.05, 3.63) is 59.3 Å². The van der Waals surface area contributed by atoms with E-state index in [9.17, 15) is 0 Å². The van der Waals surface area contributed by atoms with Crippen molar-refractivity contribution in [2.24, 2.45) is 10.8 Å². The number of H-pyrrole nitrogens is 1. The summed E-state index contributed by atoms with van der Waals surface area (Å²) in [7, 11) is 1.65. The molecule has 6 nitrogen and oxygen atoms in total. The van der Waals surface area contributed by atoms with Gasteiger partial charge in [0.1, 0.15) is 11.6 Å². The Morgan fingerprint density at radius 3 is 2.74 bits per heavy atom. The molecule has 0 aliphatic carbocycles. The quantitative estimate of drug-likeness (QED) is 0.298. The van der Waals surface area contributed by atoms with Gasteiger partial charge in [-0.1, -0.05) is 12.1 Å². The van der Waals surface area contributed by atoms with Crippen molar-refractivity contribution in [3.63, 3.8) is 0 Å². The summed E-state index contributed by atoms with van der Waals surface area (Å²) in [4.78, 5) is 4.57. The van der Waals surface area contributed by atoms with Crippen molar-refractivity contribution in [2.45, 2.75) is 13.5 Å². The molecule has 0 saturated heterocycles. The standard InChI is InChI=1S/C17H19N5O/c1-11-15-9-13(5-8-16(15)22-21-11)17(20-18)19-10-12-3-6-14(23-2)7-4-12/h3-9H,10,18H2,1-2H3,(H,19,20)(H,21,22). The first-order chi connectivity index (χ1) is 11.2. The maximum Gasteiger partial charge on any atom is 0.142 e. The average molecular weight is 309 g/mol. The monoisotopic (exact) mass is 309 g/mol. The predicted octanol–water partition coefficient (Wildman–Crippen LogP) is 2.29. The van der Waals surface area contributed by atoms with Gasteiger partial charge in [0.15, 0.2) is 0 Å². The first kappa shape index (κ1) is 15.1. The van der Waals surface area contributed by atoms with Crippen molar-refractivity contribution in [1.82, 2.24) is 15.6 Å². The topological polar surface area (TPSA) is 88.3 Å². The highest BCUT2D eigenvalue weighted by Gasteiger charge is 2.06. The maximum atomic E-state index is 5.65. The molecule has 23 heavy (non-hydrogen) atoms. The third-order valence-corrected chi connectivity index (χ3v) is 3.73. The second-order valence-electron chi connectivity index (χ2n) is 5.24. The molecular weight excluding hydrogens is 290 g/mol. The molecule has 1 heterocycles. The Morgan fingerprint density at radius 2 is 2.04 bits per heavy atom. The summed E-state index contributed by atoms with van der Waals surface area (Å²) >= 11 is 0. The number of benzene rings is 2. The minimum absolute atomic E-state index is 0.534. The summed E-state index contributed by atoms with van der Waals surface area (Å²) < 4.78 is 5.15. The zero-order valence-corrected chi connectivity index (χ0v) is 13.1. The first-order valence-corrected chi connectivity index (χ1v) is 7.30. The smallest absolute Gasteiger partial charge is 0.142 e. The Labute approximate surface area is 134 Å². The van der Waals surface area contributed by atoms with Gasteiger partial charge in [0.25, 0.3) is 0 Å². The van der Waals surface area contributed by atoms with Crippen LogP contribution in [0.4, 0.5) is 0 Å². The fourth-order valence-corrected chi connectivity index (χ4v) is 2.41. The number of nitrogens with one attached hydrogen (secondary N) is 2. The van der Waals surface area contributed by atoms with Gasteiger partial charge in [-0.3, -0.25) is 10.1 Å². The third-order valence-electron chi connectivity index (χ3n) is 3.73. The summed E-state index contributed by atoms with van der Waals surface area (Å²) in [5.74, 6) is 7.12. The molecule has 0 radical (unpaired) electrons. The van der Waals surface area contributed by atoms with Crippen molar-refractivity contribution in [2.75, 3.05) is 7.11 Å². The Bertz CT molecular complexity index is 836. The van der Waals surface area contributed by atoms with Crippen LogP contribution in [-0.4, -0.2) is 23.1 Å². The number of methoxy groups -OCH3 is 1. The van der Waals surface area contributed by atoms with Crippen molar-refractivity contribution in [3.8, 4) is 5.75 Å². The first-order valence-electron chi connectivity index (χ1n) is 7.30. The second kappa shape index (κ2) is 6.50. The highest BCUT2D eigenvalue weighted by molar-refractivity contribution is 6.01. The number of hydrogen-bond acceptors (Lipinski definition) is 4. The lowest BCUT2D eigenvalue weighted by Crippen LogP contribution is -2.31. The predicted molar refractivity (Wildman–Crippen MR) is 91.4 cm³/mol. The highest BCUT2D eigenvalue weighted by atomic mass is 16.5. The van der Waals surface area contributed by atoms with Gasteiger partial charge < -0.3 is 10.2 Å². The van der Waals surface area contributed by atoms with Crippen LogP contribution in [0.15, 0.2) is 47.5 Å². The van der Waals surface area contributed by atoms with E-state index in [1.54, 1.807) is 7.11 Å². The van der Waals surface area contributed by atoms with E-state index in [4.69, 9.17) is 10.6 Å². The molecule has 0 spiro atoms. The van der Waals surface area contributed by atoms with E-state index in [0.29, 0.717) is 12.4 Å². The summed E-state index contributed by atoms with van der Waals surface area (Å²) in [6.45, 7) is 2.52. The van der Waals surface area contributed by atoms with Crippen LogP contribution >= 0.6 is 0 Å². The number of aromatic nitrogens is 2. The minimum atomic E-state index is 0.534.